The van der Waals surface area contributed by atoms with Gasteiger partial charge in [0.1, 0.15) is 11.5 Å². The van der Waals surface area contributed by atoms with E-state index < -0.39 is 0 Å². The minimum Gasteiger partial charge on any atom is -0.468 e. The van der Waals surface area contributed by atoms with E-state index in [-0.39, 0.29) is 5.91 Å². The number of hydrogen-bond donors (Lipinski definition) is 0. The van der Waals surface area contributed by atoms with Crippen molar-refractivity contribution in [2.24, 2.45) is 11.8 Å². The quantitative estimate of drug-likeness (QED) is 0.869. The zero-order valence-electron chi connectivity index (χ0n) is 11.6. The predicted octanol–water partition coefficient (Wildman–Crippen LogP) is 1.94. The minimum atomic E-state index is 0.0863. The molecule has 0 aliphatic carbocycles. The molecule has 0 unspecified atom stereocenters. The van der Waals surface area contributed by atoms with Gasteiger partial charge in [-0.3, -0.25) is 9.69 Å². The number of nitrogens with zero attached hydrogens (tertiary/aromatic N) is 3. The van der Waals surface area contributed by atoms with Gasteiger partial charge in [0, 0.05) is 31.6 Å². The van der Waals surface area contributed by atoms with Crippen molar-refractivity contribution >= 4 is 17.2 Å². The molecule has 0 spiro atoms. The van der Waals surface area contributed by atoms with E-state index in [2.05, 4.69) is 9.88 Å². The van der Waals surface area contributed by atoms with Crippen LogP contribution in [0.3, 0.4) is 0 Å². The average molecular weight is 303 g/mol. The molecule has 2 aliphatic rings. The second kappa shape index (κ2) is 5.27. The second-order valence-electron chi connectivity index (χ2n) is 5.88. The molecule has 0 aromatic carbocycles. The Morgan fingerprint density at radius 2 is 2.14 bits per heavy atom. The Kier molecular flexibility index (Phi) is 3.27. The first-order chi connectivity index (χ1) is 10.3. The van der Waals surface area contributed by atoms with Crippen molar-refractivity contribution in [1.29, 1.82) is 0 Å². The van der Waals surface area contributed by atoms with Crippen molar-refractivity contribution in [3.63, 3.8) is 0 Å². The van der Waals surface area contributed by atoms with E-state index in [9.17, 15) is 4.79 Å². The van der Waals surface area contributed by atoms with Crippen LogP contribution in [0.5, 0.6) is 0 Å². The average Bonchev–Trinajstić information content (AvgIpc) is 3.23. The minimum absolute atomic E-state index is 0.0863. The summed E-state index contributed by atoms with van der Waals surface area (Å²) in [5.74, 6) is 2.28. The van der Waals surface area contributed by atoms with Crippen molar-refractivity contribution in [1.82, 2.24) is 14.8 Å². The first-order valence-electron chi connectivity index (χ1n) is 7.22. The zero-order valence-corrected chi connectivity index (χ0v) is 12.5. The first-order valence-corrected chi connectivity index (χ1v) is 8.16. The third-order valence-electron chi connectivity index (χ3n) is 4.46. The van der Waals surface area contributed by atoms with Gasteiger partial charge in [-0.1, -0.05) is 0 Å². The Morgan fingerprint density at radius 1 is 1.33 bits per heavy atom. The van der Waals surface area contributed by atoms with E-state index in [4.69, 9.17) is 4.42 Å². The number of furan rings is 1. The van der Waals surface area contributed by atoms with Crippen LogP contribution < -0.4 is 0 Å². The monoisotopic (exact) mass is 303 g/mol. The summed E-state index contributed by atoms with van der Waals surface area (Å²) in [4.78, 5) is 20.8. The number of thiazole rings is 1. The number of carbonyl (C=O) groups is 1. The second-order valence-corrected chi connectivity index (χ2v) is 6.60. The van der Waals surface area contributed by atoms with Crippen LogP contribution in [0.2, 0.25) is 0 Å². The van der Waals surface area contributed by atoms with Gasteiger partial charge in [-0.2, -0.15) is 0 Å². The summed E-state index contributed by atoms with van der Waals surface area (Å²) in [5, 5.41) is 1.83. The lowest BCUT2D eigenvalue weighted by Gasteiger charge is -2.20. The van der Waals surface area contributed by atoms with E-state index in [0.29, 0.717) is 17.5 Å². The number of fused-ring (bicyclic) bond motifs is 1. The SMILES string of the molecule is O=C(c1cscn1)N1C[C@H]2CN(Cc3ccco3)C[C@@H]2C1. The van der Waals surface area contributed by atoms with Crippen LogP contribution in [0.1, 0.15) is 16.2 Å². The third-order valence-corrected chi connectivity index (χ3v) is 5.05. The highest BCUT2D eigenvalue weighted by molar-refractivity contribution is 7.07. The number of hydrogen-bond acceptors (Lipinski definition) is 5. The highest BCUT2D eigenvalue weighted by Gasteiger charge is 2.41. The van der Waals surface area contributed by atoms with Crippen LogP contribution in [0, 0.1) is 11.8 Å². The number of rotatable bonds is 3. The van der Waals surface area contributed by atoms with Crippen LogP contribution in [-0.4, -0.2) is 46.9 Å². The molecular formula is C15H17N3O2S. The Balaban J connectivity index is 1.36. The molecular weight excluding hydrogens is 286 g/mol. The molecule has 21 heavy (non-hydrogen) atoms. The molecule has 4 heterocycles. The number of amides is 1. The van der Waals surface area contributed by atoms with Crippen LogP contribution in [0.4, 0.5) is 0 Å². The Hall–Kier alpha value is -1.66. The Morgan fingerprint density at radius 3 is 2.76 bits per heavy atom. The van der Waals surface area contributed by atoms with E-state index in [0.717, 1.165) is 38.5 Å². The molecule has 2 saturated heterocycles. The fourth-order valence-electron chi connectivity index (χ4n) is 3.49. The van der Waals surface area contributed by atoms with Gasteiger partial charge in [-0.25, -0.2) is 4.98 Å². The molecule has 2 atom stereocenters. The van der Waals surface area contributed by atoms with Crippen molar-refractivity contribution in [3.05, 3.63) is 40.7 Å². The molecule has 2 aromatic heterocycles. The highest BCUT2D eigenvalue weighted by Crippen LogP contribution is 2.32. The van der Waals surface area contributed by atoms with Gasteiger partial charge in [0.15, 0.2) is 0 Å². The summed E-state index contributed by atoms with van der Waals surface area (Å²) in [6.45, 7) is 4.68. The maximum atomic E-state index is 12.3. The number of carbonyl (C=O) groups excluding carboxylic acids is 1. The van der Waals surface area contributed by atoms with E-state index >= 15 is 0 Å². The van der Waals surface area contributed by atoms with E-state index in [1.807, 2.05) is 22.4 Å². The fourth-order valence-corrected chi connectivity index (χ4v) is 4.01. The summed E-state index contributed by atoms with van der Waals surface area (Å²) in [5.41, 5.74) is 2.31. The molecule has 2 aromatic rings. The zero-order chi connectivity index (χ0) is 14.2. The Bertz CT molecular complexity index is 597. The smallest absolute Gasteiger partial charge is 0.273 e. The lowest BCUT2D eigenvalue weighted by Crippen LogP contribution is -2.33. The molecule has 0 radical (unpaired) electrons. The highest BCUT2D eigenvalue weighted by atomic mass is 32.1. The maximum Gasteiger partial charge on any atom is 0.273 e. The molecule has 6 heteroatoms. The Labute approximate surface area is 127 Å². The number of likely N-dealkylation sites (tertiary alicyclic amines) is 2. The summed E-state index contributed by atoms with van der Waals surface area (Å²) in [6.07, 6.45) is 1.72. The summed E-state index contributed by atoms with van der Waals surface area (Å²) < 4.78 is 5.41. The van der Waals surface area contributed by atoms with Crippen molar-refractivity contribution in [2.45, 2.75) is 6.54 Å². The predicted molar refractivity (Wildman–Crippen MR) is 79.0 cm³/mol. The van der Waals surface area contributed by atoms with Gasteiger partial charge in [0.05, 0.1) is 18.3 Å². The van der Waals surface area contributed by atoms with Crippen LogP contribution in [0.25, 0.3) is 0 Å². The van der Waals surface area contributed by atoms with Gasteiger partial charge in [-0.05, 0) is 24.0 Å². The molecule has 4 rings (SSSR count). The van der Waals surface area contributed by atoms with Gasteiger partial charge >= 0.3 is 0 Å². The van der Waals surface area contributed by atoms with Crippen LogP contribution in [-0.2, 0) is 6.54 Å². The van der Waals surface area contributed by atoms with Crippen molar-refractivity contribution in [2.75, 3.05) is 26.2 Å². The lowest BCUT2D eigenvalue weighted by molar-refractivity contribution is 0.0767. The summed E-state index contributed by atoms with van der Waals surface area (Å²) in [6, 6.07) is 3.95. The van der Waals surface area contributed by atoms with Crippen LogP contribution >= 0.6 is 11.3 Å². The molecule has 110 valence electrons. The van der Waals surface area contributed by atoms with Gasteiger partial charge in [0.2, 0.25) is 0 Å². The fraction of sp³-hybridized carbons (Fsp3) is 0.467. The first kappa shape index (κ1) is 13.0. The molecule has 0 N–H and O–H groups in total. The van der Waals surface area contributed by atoms with E-state index in [1.165, 1.54) is 11.3 Å². The standard InChI is InChI=1S/C15H17N3O2S/c19-15(14-9-21-10-16-14)18-6-11-4-17(5-12(11)7-18)8-13-2-1-3-20-13/h1-3,9-12H,4-8H2/t11-,12-/m1/s1. The molecule has 0 saturated carbocycles. The molecule has 2 fully saturated rings. The van der Waals surface area contributed by atoms with Crippen molar-refractivity contribution < 1.29 is 9.21 Å². The van der Waals surface area contributed by atoms with Crippen molar-refractivity contribution in [3.8, 4) is 0 Å². The normalized spacial score (nSPS) is 25.4. The van der Waals surface area contributed by atoms with Gasteiger partial charge in [-0.15, -0.1) is 11.3 Å². The number of aromatic nitrogens is 1. The van der Waals surface area contributed by atoms with Gasteiger partial charge < -0.3 is 9.32 Å². The maximum absolute atomic E-state index is 12.3. The summed E-state index contributed by atoms with van der Waals surface area (Å²) in [7, 11) is 0. The van der Waals surface area contributed by atoms with Gasteiger partial charge in [0.25, 0.3) is 5.91 Å². The largest absolute Gasteiger partial charge is 0.468 e. The lowest BCUT2D eigenvalue weighted by atomic mass is 10.0. The molecule has 5 nitrogen and oxygen atoms in total. The molecule has 2 aliphatic heterocycles. The summed E-state index contributed by atoms with van der Waals surface area (Å²) >= 11 is 1.47. The topological polar surface area (TPSA) is 49.6 Å². The van der Waals surface area contributed by atoms with Crippen LogP contribution in [0.15, 0.2) is 33.7 Å². The third kappa shape index (κ3) is 2.49. The molecule has 0 bridgehead atoms. The molecule has 1 amide bonds. The van der Waals surface area contributed by atoms with E-state index in [1.54, 1.807) is 11.8 Å².